The summed E-state index contributed by atoms with van der Waals surface area (Å²) < 4.78 is 2.02. The molecule has 0 saturated carbocycles. The molecule has 1 rings (SSSR count). The lowest BCUT2D eigenvalue weighted by Gasteiger charge is -2.19. The Morgan fingerprint density at radius 3 is 2.55 bits per heavy atom. The Balaban J connectivity index is 2.54. The highest BCUT2D eigenvalue weighted by molar-refractivity contribution is 5.73. The van der Waals surface area contributed by atoms with Crippen LogP contribution in [0, 0.1) is 19.8 Å². The number of aryl methyl sites for hydroxylation is 2. The van der Waals surface area contributed by atoms with Gasteiger partial charge in [0.05, 0.1) is 5.69 Å². The third-order valence-corrected chi connectivity index (χ3v) is 3.54. The van der Waals surface area contributed by atoms with Gasteiger partial charge in [0.2, 0.25) is 0 Å². The van der Waals surface area contributed by atoms with E-state index in [1.54, 1.807) is 4.90 Å². The number of hydrogen-bond donors (Lipinski definition) is 1. The number of nitrogens with one attached hydrogen (secondary N) is 1. The van der Waals surface area contributed by atoms with E-state index in [1.807, 2.05) is 18.7 Å². The summed E-state index contributed by atoms with van der Waals surface area (Å²) in [5.74, 6) is 0.472. The minimum Gasteiger partial charge on any atom is -0.338 e. The monoisotopic (exact) mass is 280 g/mol. The van der Waals surface area contributed by atoms with E-state index in [0.29, 0.717) is 12.5 Å². The van der Waals surface area contributed by atoms with Crippen molar-refractivity contribution < 1.29 is 4.79 Å². The van der Waals surface area contributed by atoms with E-state index in [4.69, 9.17) is 0 Å². The predicted molar refractivity (Wildman–Crippen MR) is 81.9 cm³/mol. The van der Waals surface area contributed by atoms with Gasteiger partial charge in [-0.2, -0.15) is 5.10 Å². The van der Waals surface area contributed by atoms with Crippen LogP contribution in [0.2, 0.25) is 0 Å². The normalized spacial score (nSPS) is 10.9. The minimum atomic E-state index is -0.00288. The van der Waals surface area contributed by atoms with Gasteiger partial charge >= 0.3 is 6.03 Å². The summed E-state index contributed by atoms with van der Waals surface area (Å²) in [7, 11) is 1.84. The van der Waals surface area contributed by atoms with Crippen LogP contribution in [0.5, 0.6) is 0 Å². The molecule has 1 N–H and O–H groups in total. The zero-order chi connectivity index (χ0) is 15.3. The third kappa shape index (κ3) is 4.25. The molecule has 0 atom stereocenters. The summed E-state index contributed by atoms with van der Waals surface area (Å²) in [5.41, 5.74) is 3.54. The molecule has 0 aromatic carbocycles. The van der Waals surface area contributed by atoms with Crippen molar-refractivity contribution >= 4 is 6.03 Å². The van der Waals surface area contributed by atoms with Crippen LogP contribution in [-0.4, -0.2) is 40.8 Å². The maximum absolute atomic E-state index is 11.9. The number of urea groups is 1. The summed E-state index contributed by atoms with van der Waals surface area (Å²) in [5, 5.41) is 7.44. The molecule has 1 aromatic heterocycles. The molecule has 2 amide bonds. The van der Waals surface area contributed by atoms with E-state index in [0.717, 1.165) is 25.2 Å². The second-order valence-electron chi connectivity index (χ2n) is 5.72. The smallest absolute Gasteiger partial charge is 0.317 e. The van der Waals surface area contributed by atoms with Gasteiger partial charge in [0.15, 0.2) is 0 Å². The van der Waals surface area contributed by atoms with Gasteiger partial charge < -0.3 is 10.2 Å². The Hall–Kier alpha value is -1.52. The van der Waals surface area contributed by atoms with Gasteiger partial charge in [0, 0.05) is 32.4 Å². The first-order valence-corrected chi connectivity index (χ1v) is 7.38. The van der Waals surface area contributed by atoms with Crippen LogP contribution in [-0.2, 0) is 13.0 Å². The van der Waals surface area contributed by atoms with Crippen LogP contribution in [0.25, 0.3) is 0 Å². The van der Waals surface area contributed by atoms with Crippen molar-refractivity contribution in [2.45, 2.75) is 47.6 Å². The van der Waals surface area contributed by atoms with Crippen LogP contribution in [0.15, 0.2) is 0 Å². The molecular formula is C15H28N4O. The zero-order valence-electron chi connectivity index (χ0n) is 13.7. The number of nitrogens with zero attached hydrogens (tertiary/aromatic N) is 3. The fourth-order valence-corrected chi connectivity index (χ4v) is 2.21. The van der Waals surface area contributed by atoms with Gasteiger partial charge in [-0.3, -0.25) is 4.68 Å². The van der Waals surface area contributed by atoms with E-state index in [-0.39, 0.29) is 6.03 Å². The SMILES string of the molecule is CCn1nc(C)c(CCN(C)C(=O)NCC(C)C)c1C. The standard InChI is InChI=1S/C15H28N4O/c1-7-19-13(5)14(12(4)17-19)8-9-18(6)15(20)16-10-11(2)3/h11H,7-10H2,1-6H3,(H,16,20). The molecule has 0 fully saturated rings. The highest BCUT2D eigenvalue weighted by atomic mass is 16.2. The average molecular weight is 280 g/mol. The third-order valence-electron chi connectivity index (χ3n) is 3.54. The number of carbonyl (C=O) groups excluding carboxylic acids is 1. The second-order valence-corrected chi connectivity index (χ2v) is 5.72. The Morgan fingerprint density at radius 2 is 2.05 bits per heavy atom. The predicted octanol–water partition coefficient (Wildman–Crippen LogP) is 2.36. The van der Waals surface area contributed by atoms with Crippen molar-refractivity contribution in [2.75, 3.05) is 20.1 Å². The molecule has 114 valence electrons. The van der Waals surface area contributed by atoms with Crippen LogP contribution < -0.4 is 5.32 Å². The first-order valence-electron chi connectivity index (χ1n) is 7.38. The quantitative estimate of drug-likeness (QED) is 0.869. The van der Waals surface area contributed by atoms with Gasteiger partial charge in [-0.25, -0.2) is 4.79 Å². The van der Waals surface area contributed by atoms with Crippen LogP contribution >= 0.6 is 0 Å². The van der Waals surface area contributed by atoms with Crippen molar-refractivity contribution in [1.29, 1.82) is 0 Å². The lowest BCUT2D eigenvalue weighted by Crippen LogP contribution is -2.39. The second kappa shape index (κ2) is 7.31. The number of amides is 2. The summed E-state index contributed by atoms with van der Waals surface area (Å²) in [6, 6.07) is -0.00288. The molecule has 0 aliphatic carbocycles. The number of rotatable bonds is 6. The maximum Gasteiger partial charge on any atom is 0.317 e. The molecule has 5 heteroatoms. The molecule has 0 spiro atoms. The van der Waals surface area contributed by atoms with E-state index in [1.165, 1.54) is 11.3 Å². The molecule has 1 heterocycles. The van der Waals surface area contributed by atoms with Gasteiger partial charge in [-0.1, -0.05) is 13.8 Å². The summed E-state index contributed by atoms with van der Waals surface area (Å²) in [4.78, 5) is 13.6. The lowest BCUT2D eigenvalue weighted by molar-refractivity contribution is 0.208. The van der Waals surface area contributed by atoms with Crippen molar-refractivity contribution in [3.05, 3.63) is 17.0 Å². The molecule has 5 nitrogen and oxygen atoms in total. The van der Waals surface area contributed by atoms with Gasteiger partial charge in [0.1, 0.15) is 0 Å². The first kappa shape index (κ1) is 16.5. The molecule has 0 unspecified atom stereocenters. The Bertz CT molecular complexity index is 451. The fraction of sp³-hybridized carbons (Fsp3) is 0.733. The molecule has 0 saturated heterocycles. The largest absolute Gasteiger partial charge is 0.338 e. The molecule has 20 heavy (non-hydrogen) atoms. The average Bonchev–Trinajstić information content (AvgIpc) is 2.68. The molecule has 0 aliphatic rings. The van der Waals surface area contributed by atoms with Crippen LogP contribution in [0.3, 0.4) is 0 Å². The highest BCUT2D eigenvalue weighted by Crippen LogP contribution is 2.14. The van der Waals surface area contributed by atoms with E-state index >= 15 is 0 Å². The molecule has 0 bridgehead atoms. The molecule has 0 radical (unpaired) electrons. The summed E-state index contributed by atoms with van der Waals surface area (Å²) in [6.07, 6.45) is 0.850. The molecular weight excluding hydrogens is 252 g/mol. The minimum absolute atomic E-state index is 0.00288. The molecule has 0 aliphatic heterocycles. The highest BCUT2D eigenvalue weighted by Gasteiger charge is 2.13. The first-order chi connectivity index (χ1) is 9.36. The Labute approximate surface area is 122 Å². The number of likely N-dealkylation sites (N-methyl/N-ethyl adjacent to an activating group) is 1. The van der Waals surface area contributed by atoms with E-state index in [2.05, 4.69) is 38.1 Å². The van der Waals surface area contributed by atoms with Crippen molar-refractivity contribution in [3.8, 4) is 0 Å². The number of hydrogen-bond acceptors (Lipinski definition) is 2. The number of aromatic nitrogens is 2. The zero-order valence-corrected chi connectivity index (χ0v) is 13.7. The van der Waals surface area contributed by atoms with Gasteiger partial charge in [-0.05, 0) is 38.7 Å². The van der Waals surface area contributed by atoms with Crippen molar-refractivity contribution in [3.63, 3.8) is 0 Å². The van der Waals surface area contributed by atoms with Crippen LogP contribution in [0.4, 0.5) is 4.79 Å². The Morgan fingerprint density at radius 1 is 1.40 bits per heavy atom. The topological polar surface area (TPSA) is 50.2 Å². The summed E-state index contributed by atoms with van der Waals surface area (Å²) >= 11 is 0. The van der Waals surface area contributed by atoms with Gasteiger partial charge in [-0.15, -0.1) is 0 Å². The maximum atomic E-state index is 11.9. The van der Waals surface area contributed by atoms with E-state index in [9.17, 15) is 4.79 Å². The number of carbonyl (C=O) groups is 1. The van der Waals surface area contributed by atoms with Crippen molar-refractivity contribution in [1.82, 2.24) is 20.0 Å². The molecule has 1 aromatic rings. The van der Waals surface area contributed by atoms with Crippen molar-refractivity contribution in [2.24, 2.45) is 5.92 Å². The fourth-order valence-electron chi connectivity index (χ4n) is 2.21. The lowest BCUT2D eigenvalue weighted by atomic mass is 10.1. The Kier molecular flexibility index (Phi) is 6.05. The van der Waals surface area contributed by atoms with Crippen LogP contribution in [0.1, 0.15) is 37.7 Å². The van der Waals surface area contributed by atoms with E-state index < -0.39 is 0 Å². The van der Waals surface area contributed by atoms with Gasteiger partial charge in [0.25, 0.3) is 0 Å². The summed E-state index contributed by atoms with van der Waals surface area (Å²) in [6.45, 7) is 12.7.